The second-order valence-corrected chi connectivity index (χ2v) is 9.28. The lowest BCUT2D eigenvalue weighted by Gasteiger charge is -2.62. The second kappa shape index (κ2) is 4.29. The number of hydrogen-bond donors (Lipinski definition) is 5. The van der Waals surface area contributed by atoms with Crippen LogP contribution in [0.3, 0.4) is 0 Å². The zero-order valence-corrected chi connectivity index (χ0v) is 14.1. The minimum atomic E-state index is -4.87. The molecule has 136 valence electrons. The van der Waals surface area contributed by atoms with Gasteiger partial charge in [-0.2, -0.15) is 8.42 Å². The van der Waals surface area contributed by atoms with Gasteiger partial charge in [-0.1, -0.05) is 6.07 Å². The van der Waals surface area contributed by atoms with Crippen LogP contribution < -0.4 is 10.1 Å². The average Bonchev–Trinajstić information content (AvgIpc) is 2.87. The fraction of sp³-hybridized carbons (Fsp3) is 0.625. The van der Waals surface area contributed by atoms with Crippen molar-refractivity contribution in [2.45, 2.75) is 53.8 Å². The Bertz CT molecular complexity index is 902. The van der Waals surface area contributed by atoms with E-state index in [0.29, 0.717) is 24.9 Å². The third kappa shape index (κ3) is 1.52. The van der Waals surface area contributed by atoms with E-state index in [1.807, 2.05) is 0 Å². The first-order valence-electron chi connectivity index (χ1n) is 8.32. The summed E-state index contributed by atoms with van der Waals surface area (Å²) in [5.41, 5.74) is -1.12. The summed E-state index contributed by atoms with van der Waals surface area (Å²) in [4.78, 5) is -2.54. The molecular weight excluding hydrogens is 350 g/mol. The van der Waals surface area contributed by atoms with Crippen LogP contribution in [0.2, 0.25) is 0 Å². The molecule has 2 heterocycles. The first-order valence-corrected chi connectivity index (χ1v) is 9.76. The van der Waals surface area contributed by atoms with Crippen molar-refractivity contribution >= 4 is 10.1 Å². The standard InChI is InChI=1S/C16H19NO7S/c18-9-2-1-8-7-10-15(19)3-4-16(20,25(21,22)23)13-14(15,5-6-17-10)11(8)12(9)24-13/h1-2,10,13,17-20H,3-7H2,(H,21,22,23)/t10-,13-,14+,15-,16?/m0/s1. The number of nitrogens with one attached hydrogen (secondary N) is 1. The van der Waals surface area contributed by atoms with Crippen molar-refractivity contribution in [3.05, 3.63) is 23.3 Å². The normalized spacial score (nSPS) is 44.1. The lowest BCUT2D eigenvalue weighted by atomic mass is 9.49. The van der Waals surface area contributed by atoms with Crippen LogP contribution in [-0.2, 0) is 22.0 Å². The van der Waals surface area contributed by atoms with Crippen molar-refractivity contribution < 1.29 is 33.0 Å². The average molecular weight is 369 g/mol. The van der Waals surface area contributed by atoms with Crippen LogP contribution in [0.1, 0.15) is 30.4 Å². The predicted octanol–water partition coefficient (Wildman–Crippen LogP) is -0.590. The summed E-state index contributed by atoms with van der Waals surface area (Å²) in [6.45, 7) is 0.503. The van der Waals surface area contributed by atoms with Gasteiger partial charge in [0.25, 0.3) is 10.1 Å². The summed E-state index contributed by atoms with van der Waals surface area (Å²) in [6, 6.07) is 2.89. The monoisotopic (exact) mass is 369 g/mol. The van der Waals surface area contributed by atoms with Crippen LogP contribution in [0, 0.1) is 0 Å². The van der Waals surface area contributed by atoms with Gasteiger partial charge in [0.2, 0.25) is 4.93 Å². The molecule has 4 aliphatic rings. The zero-order valence-electron chi connectivity index (χ0n) is 13.3. The molecule has 5 N–H and O–H groups in total. The predicted molar refractivity (Wildman–Crippen MR) is 85.0 cm³/mol. The summed E-state index contributed by atoms with van der Waals surface area (Å²) in [7, 11) is -4.87. The Labute approximate surface area is 144 Å². The summed E-state index contributed by atoms with van der Waals surface area (Å²) in [5.74, 6) is -0.0650. The highest BCUT2D eigenvalue weighted by atomic mass is 32.2. The third-order valence-corrected chi connectivity index (χ3v) is 8.07. The Morgan fingerprint density at radius 2 is 1.96 bits per heavy atom. The lowest BCUT2D eigenvalue weighted by Crippen LogP contribution is -2.79. The molecule has 5 rings (SSSR count). The van der Waals surface area contributed by atoms with E-state index in [1.165, 1.54) is 6.07 Å². The van der Waals surface area contributed by atoms with Crippen LogP contribution in [0.4, 0.5) is 0 Å². The molecule has 1 aromatic carbocycles. The number of phenols is 1. The molecule has 2 aliphatic carbocycles. The third-order valence-electron chi connectivity index (χ3n) is 6.76. The number of ether oxygens (including phenoxy) is 1. The minimum absolute atomic E-state index is 0.00461. The SMILES string of the molecule is O=S(=O)(O)C1(O)CC[C@]2(O)[C@@H]3Cc4ccc(O)c5c4[C@]2(CCN3)[C@@H]1O5. The van der Waals surface area contributed by atoms with Gasteiger partial charge in [-0.3, -0.25) is 4.55 Å². The Morgan fingerprint density at radius 3 is 2.68 bits per heavy atom. The maximum Gasteiger partial charge on any atom is 0.298 e. The molecule has 0 aromatic heterocycles. The quantitative estimate of drug-likeness (QED) is 0.415. The maximum absolute atomic E-state index is 12.0. The van der Waals surface area contributed by atoms with Gasteiger partial charge in [-0.25, -0.2) is 0 Å². The van der Waals surface area contributed by atoms with Crippen molar-refractivity contribution in [2.24, 2.45) is 0 Å². The van der Waals surface area contributed by atoms with Crippen LogP contribution in [-0.4, -0.2) is 57.5 Å². The Hall–Kier alpha value is -1.39. The molecular formula is C16H19NO7S. The van der Waals surface area contributed by atoms with Gasteiger partial charge in [0.15, 0.2) is 17.6 Å². The molecule has 8 nitrogen and oxygen atoms in total. The van der Waals surface area contributed by atoms with Crippen molar-refractivity contribution in [3.63, 3.8) is 0 Å². The number of benzene rings is 1. The van der Waals surface area contributed by atoms with Crippen LogP contribution in [0.25, 0.3) is 0 Å². The molecule has 0 amide bonds. The number of aliphatic hydroxyl groups is 2. The Balaban J connectivity index is 1.87. The molecule has 9 heteroatoms. The number of phenolic OH excluding ortho intramolecular Hbond substituents is 1. The van der Waals surface area contributed by atoms with Gasteiger partial charge >= 0.3 is 0 Å². The zero-order chi connectivity index (χ0) is 17.8. The number of hydrogen-bond acceptors (Lipinski definition) is 7. The molecule has 5 atom stereocenters. The molecule has 1 aromatic rings. The van der Waals surface area contributed by atoms with E-state index < -0.39 is 32.2 Å². The van der Waals surface area contributed by atoms with Gasteiger partial charge in [0.1, 0.15) is 0 Å². The fourth-order valence-corrected chi connectivity index (χ4v) is 6.56. The molecule has 1 spiro atoms. The van der Waals surface area contributed by atoms with E-state index in [4.69, 9.17) is 4.74 Å². The first-order chi connectivity index (χ1) is 11.7. The molecule has 1 saturated carbocycles. The summed E-state index contributed by atoms with van der Waals surface area (Å²) in [5, 5.41) is 36.0. The van der Waals surface area contributed by atoms with Crippen molar-refractivity contribution in [2.75, 3.05) is 6.54 Å². The number of rotatable bonds is 1. The molecule has 2 aliphatic heterocycles. The first kappa shape index (κ1) is 15.8. The Kier molecular flexibility index (Phi) is 2.72. The van der Waals surface area contributed by atoms with Crippen molar-refractivity contribution in [3.8, 4) is 11.5 Å². The highest BCUT2D eigenvalue weighted by Crippen LogP contribution is 2.66. The van der Waals surface area contributed by atoms with Crippen LogP contribution in [0.5, 0.6) is 11.5 Å². The van der Waals surface area contributed by atoms with Gasteiger partial charge in [0.05, 0.1) is 11.0 Å². The van der Waals surface area contributed by atoms with E-state index in [2.05, 4.69) is 5.32 Å². The maximum atomic E-state index is 12.0. The van der Waals surface area contributed by atoms with Crippen molar-refractivity contribution in [1.29, 1.82) is 0 Å². The fourth-order valence-electron chi connectivity index (χ4n) is 5.68. The second-order valence-electron chi connectivity index (χ2n) is 7.62. The summed E-state index contributed by atoms with van der Waals surface area (Å²) < 4.78 is 39.6. The highest BCUT2D eigenvalue weighted by molar-refractivity contribution is 7.87. The molecule has 1 unspecified atom stereocenters. The van der Waals surface area contributed by atoms with Gasteiger partial charge in [0, 0.05) is 11.6 Å². The highest BCUT2D eigenvalue weighted by Gasteiger charge is 2.77. The van der Waals surface area contributed by atoms with E-state index in [-0.39, 0.29) is 30.4 Å². The van der Waals surface area contributed by atoms with E-state index in [0.717, 1.165) is 5.56 Å². The van der Waals surface area contributed by atoms with Crippen LogP contribution in [0.15, 0.2) is 12.1 Å². The summed E-state index contributed by atoms with van der Waals surface area (Å²) in [6.07, 6.45) is -0.903. The van der Waals surface area contributed by atoms with Crippen LogP contribution >= 0.6 is 0 Å². The summed E-state index contributed by atoms with van der Waals surface area (Å²) >= 11 is 0. The molecule has 0 radical (unpaired) electrons. The van der Waals surface area contributed by atoms with E-state index in [1.54, 1.807) is 6.07 Å². The lowest BCUT2D eigenvalue weighted by molar-refractivity contribution is -0.192. The molecule has 1 saturated heterocycles. The van der Waals surface area contributed by atoms with E-state index >= 15 is 0 Å². The number of aromatic hydroxyl groups is 1. The Morgan fingerprint density at radius 1 is 1.20 bits per heavy atom. The molecule has 2 fully saturated rings. The molecule has 25 heavy (non-hydrogen) atoms. The van der Waals surface area contributed by atoms with Gasteiger partial charge in [-0.05, 0) is 43.9 Å². The largest absolute Gasteiger partial charge is 0.504 e. The smallest absolute Gasteiger partial charge is 0.298 e. The van der Waals surface area contributed by atoms with Crippen molar-refractivity contribution in [1.82, 2.24) is 5.32 Å². The topological polar surface area (TPSA) is 136 Å². The van der Waals surface area contributed by atoms with E-state index in [9.17, 15) is 28.3 Å². The van der Waals surface area contributed by atoms with Gasteiger partial charge < -0.3 is 25.4 Å². The minimum Gasteiger partial charge on any atom is -0.504 e. The van der Waals surface area contributed by atoms with Gasteiger partial charge in [-0.15, -0.1) is 0 Å². The molecule has 2 bridgehead atoms. The number of piperidine rings is 1.